The van der Waals surface area contributed by atoms with E-state index in [0.717, 1.165) is 18.2 Å². The quantitative estimate of drug-likeness (QED) is 0.352. The summed E-state index contributed by atoms with van der Waals surface area (Å²) in [6.07, 6.45) is 1.93. The van der Waals surface area contributed by atoms with Crippen LogP contribution >= 0.6 is 23.2 Å². The number of halogens is 2. The van der Waals surface area contributed by atoms with Crippen molar-refractivity contribution in [2.24, 2.45) is 5.92 Å². The first-order valence-electron chi connectivity index (χ1n) is 10.9. The summed E-state index contributed by atoms with van der Waals surface area (Å²) in [5, 5.41) is 3.57. The van der Waals surface area contributed by atoms with Crippen LogP contribution in [0.2, 0.25) is 10.0 Å². The molecule has 34 heavy (non-hydrogen) atoms. The van der Waals surface area contributed by atoms with E-state index in [0.29, 0.717) is 22.7 Å². The smallest absolute Gasteiger partial charge is 0.251 e. The molecule has 3 rings (SSSR count). The van der Waals surface area contributed by atoms with E-state index in [1.54, 1.807) is 42.5 Å². The highest BCUT2D eigenvalue weighted by molar-refractivity contribution is 7.92. The van der Waals surface area contributed by atoms with Crippen molar-refractivity contribution < 1.29 is 13.2 Å². The van der Waals surface area contributed by atoms with Crippen LogP contribution in [-0.4, -0.2) is 20.6 Å². The molecule has 0 heterocycles. The molecule has 180 valence electrons. The molecular weight excluding hydrogens is 491 g/mol. The van der Waals surface area contributed by atoms with Crippen LogP contribution in [0.5, 0.6) is 0 Å². The highest BCUT2D eigenvalue weighted by Crippen LogP contribution is 2.34. The highest BCUT2D eigenvalue weighted by Gasteiger charge is 2.22. The van der Waals surface area contributed by atoms with Crippen LogP contribution in [0.15, 0.2) is 72.8 Å². The molecule has 0 radical (unpaired) electrons. The predicted molar refractivity (Wildman–Crippen MR) is 140 cm³/mol. The lowest BCUT2D eigenvalue weighted by molar-refractivity contribution is 0.0932. The van der Waals surface area contributed by atoms with Gasteiger partial charge in [0.2, 0.25) is 10.0 Å². The SMILES string of the molecule is CC(C)C[C@@H](NC(=O)c1ccc(CN(c2cccc(Cl)c2Cl)S(C)(=O)=O)cc1)c1ccccc1. The Labute approximate surface area is 211 Å². The molecule has 0 bridgehead atoms. The number of nitrogens with one attached hydrogen (secondary N) is 1. The molecule has 1 amide bonds. The summed E-state index contributed by atoms with van der Waals surface area (Å²) >= 11 is 12.4. The largest absolute Gasteiger partial charge is 0.345 e. The maximum atomic E-state index is 13.0. The number of sulfonamides is 1. The van der Waals surface area contributed by atoms with Gasteiger partial charge in [0, 0.05) is 5.56 Å². The molecule has 0 fully saturated rings. The average molecular weight is 519 g/mol. The lowest BCUT2D eigenvalue weighted by Gasteiger charge is -2.24. The molecule has 0 spiro atoms. The Hall–Kier alpha value is -2.54. The van der Waals surface area contributed by atoms with Crippen LogP contribution in [0, 0.1) is 5.92 Å². The molecule has 0 aromatic heterocycles. The van der Waals surface area contributed by atoms with Gasteiger partial charge in [-0.15, -0.1) is 0 Å². The minimum Gasteiger partial charge on any atom is -0.345 e. The van der Waals surface area contributed by atoms with Gasteiger partial charge in [-0.2, -0.15) is 0 Å². The van der Waals surface area contributed by atoms with Gasteiger partial charge < -0.3 is 5.32 Å². The van der Waals surface area contributed by atoms with Gasteiger partial charge >= 0.3 is 0 Å². The molecular formula is C26H28Cl2N2O3S. The Bertz CT molecular complexity index is 1230. The molecule has 0 saturated heterocycles. The third-order valence-electron chi connectivity index (χ3n) is 5.36. The van der Waals surface area contributed by atoms with Gasteiger partial charge in [-0.3, -0.25) is 9.10 Å². The van der Waals surface area contributed by atoms with Gasteiger partial charge in [-0.25, -0.2) is 8.42 Å². The van der Waals surface area contributed by atoms with Crippen molar-refractivity contribution in [1.29, 1.82) is 0 Å². The number of carbonyl (C=O) groups excluding carboxylic acids is 1. The number of rotatable bonds is 9. The number of carbonyl (C=O) groups is 1. The number of anilines is 1. The van der Waals surface area contributed by atoms with Crippen LogP contribution in [0.1, 0.15) is 47.8 Å². The molecule has 3 aromatic carbocycles. The summed E-state index contributed by atoms with van der Waals surface area (Å²) < 4.78 is 26.2. The van der Waals surface area contributed by atoms with Gasteiger partial charge in [-0.1, -0.05) is 85.6 Å². The standard InChI is InChI=1S/C26H28Cl2N2O3S/c1-18(2)16-23(20-8-5-4-6-9-20)29-26(31)21-14-12-19(13-15-21)17-30(34(3,32)33)24-11-7-10-22(27)25(24)28/h4-15,18,23H,16-17H2,1-3H3,(H,29,31)/t23-/m1/s1. The summed E-state index contributed by atoms with van der Waals surface area (Å²) in [6, 6.07) is 21.5. The molecule has 8 heteroatoms. The molecule has 0 unspecified atom stereocenters. The number of hydrogen-bond acceptors (Lipinski definition) is 3. The zero-order chi connectivity index (χ0) is 24.9. The van der Waals surface area contributed by atoms with Gasteiger partial charge in [0.1, 0.15) is 0 Å². The molecule has 0 saturated carbocycles. The molecule has 1 atom stereocenters. The number of amides is 1. The summed E-state index contributed by atoms with van der Waals surface area (Å²) in [5.41, 5.74) is 2.57. The van der Waals surface area contributed by atoms with Crippen LogP contribution in [0.4, 0.5) is 5.69 Å². The van der Waals surface area contributed by atoms with Crippen molar-refractivity contribution >= 4 is 44.8 Å². The summed E-state index contributed by atoms with van der Waals surface area (Å²) in [4.78, 5) is 13.0. The van der Waals surface area contributed by atoms with Crippen molar-refractivity contribution in [2.45, 2.75) is 32.9 Å². The van der Waals surface area contributed by atoms with E-state index in [1.165, 1.54) is 4.31 Å². The maximum absolute atomic E-state index is 13.0. The average Bonchev–Trinajstić information content (AvgIpc) is 2.79. The van der Waals surface area contributed by atoms with Crippen molar-refractivity contribution in [1.82, 2.24) is 5.32 Å². The van der Waals surface area contributed by atoms with E-state index in [-0.39, 0.29) is 28.5 Å². The van der Waals surface area contributed by atoms with Crippen molar-refractivity contribution in [3.05, 3.63) is 99.5 Å². The van der Waals surface area contributed by atoms with Crippen LogP contribution in [-0.2, 0) is 16.6 Å². The topological polar surface area (TPSA) is 66.5 Å². The number of nitrogens with zero attached hydrogens (tertiary/aromatic N) is 1. The molecule has 0 aliphatic carbocycles. The van der Waals surface area contributed by atoms with Crippen LogP contribution in [0.3, 0.4) is 0 Å². The molecule has 0 aliphatic heterocycles. The first-order valence-corrected chi connectivity index (χ1v) is 13.5. The van der Waals surface area contributed by atoms with Gasteiger partial charge in [0.25, 0.3) is 5.91 Å². The molecule has 0 aliphatic rings. The minimum atomic E-state index is -3.63. The minimum absolute atomic E-state index is 0.0563. The monoisotopic (exact) mass is 518 g/mol. The fourth-order valence-corrected chi connectivity index (χ4v) is 5.01. The third-order valence-corrected chi connectivity index (χ3v) is 7.29. The zero-order valence-corrected chi connectivity index (χ0v) is 21.7. The molecule has 3 aromatic rings. The van der Waals surface area contributed by atoms with Gasteiger partial charge in [-0.05, 0) is 47.7 Å². The highest BCUT2D eigenvalue weighted by atomic mass is 35.5. The predicted octanol–water partition coefficient (Wildman–Crippen LogP) is 6.48. The number of hydrogen-bond donors (Lipinski definition) is 1. The summed E-state index contributed by atoms with van der Waals surface area (Å²) in [6.45, 7) is 4.30. The molecule has 5 nitrogen and oxygen atoms in total. The van der Waals surface area contributed by atoms with Crippen LogP contribution in [0.25, 0.3) is 0 Å². The third kappa shape index (κ3) is 6.75. The summed E-state index contributed by atoms with van der Waals surface area (Å²) in [5.74, 6) is 0.229. The lowest BCUT2D eigenvalue weighted by atomic mass is 9.96. The Morgan fingerprint density at radius 2 is 1.59 bits per heavy atom. The maximum Gasteiger partial charge on any atom is 0.251 e. The fraction of sp³-hybridized carbons (Fsp3) is 0.269. The normalized spacial score (nSPS) is 12.4. The van der Waals surface area contributed by atoms with Crippen molar-refractivity contribution in [3.8, 4) is 0 Å². The Balaban J connectivity index is 1.79. The van der Waals surface area contributed by atoms with Crippen molar-refractivity contribution in [3.63, 3.8) is 0 Å². The Morgan fingerprint density at radius 1 is 0.941 bits per heavy atom. The van der Waals surface area contributed by atoms with Crippen LogP contribution < -0.4 is 9.62 Å². The van der Waals surface area contributed by atoms with E-state index >= 15 is 0 Å². The number of benzene rings is 3. The Kier molecular flexibility index (Phi) is 8.63. The Morgan fingerprint density at radius 3 is 2.18 bits per heavy atom. The zero-order valence-electron chi connectivity index (χ0n) is 19.3. The first-order chi connectivity index (χ1) is 16.1. The van der Waals surface area contributed by atoms with E-state index in [4.69, 9.17) is 23.2 Å². The summed E-state index contributed by atoms with van der Waals surface area (Å²) in [7, 11) is -3.63. The second-order valence-electron chi connectivity index (χ2n) is 8.61. The van der Waals surface area contributed by atoms with Gasteiger partial charge in [0.05, 0.1) is 34.6 Å². The molecule has 1 N–H and O–H groups in total. The van der Waals surface area contributed by atoms with Gasteiger partial charge in [0.15, 0.2) is 0 Å². The second kappa shape index (κ2) is 11.3. The lowest BCUT2D eigenvalue weighted by Crippen LogP contribution is -2.30. The van der Waals surface area contributed by atoms with E-state index < -0.39 is 10.0 Å². The van der Waals surface area contributed by atoms with E-state index in [2.05, 4.69) is 19.2 Å². The van der Waals surface area contributed by atoms with E-state index in [9.17, 15) is 13.2 Å². The fourth-order valence-electron chi connectivity index (χ4n) is 3.67. The van der Waals surface area contributed by atoms with Crippen molar-refractivity contribution in [2.75, 3.05) is 10.6 Å². The first kappa shape index (κ1) is 26.1. The van der Waals surface area contributed by atoms with E-state index in [1.807, 2.05) is 30.3 Å². The second-order valence-corrected chi connectivity index (χ2v) is 11.3.